The molecule has 0 atom stereocenters. The van der Waals surface area contributed by atoms with Gasteiger partial charge in [0.05, 0.1) is 12.0 Å². The van der Waals surface area contributed by atoms with Gasteiger partial charge in [-0.2, -0.15) is 5.10 Å². The number of aromatic nitrogens is 3. The van der Waals surface area contributed by atoms with Crippen molar-refractivity contribution in [2.75, 3.05) is 5.75 Å². The highest BCUT2D eigenvalue weighted by Crippen LogP contribution is 2.24. The van der Waals surface area contributed by atoms with Crippen LogP contribution in [-0.2, 0) is 11.3 Å². The number of thioether (sulfide) groups is 1. The van der Waals surface area contributed by atoms with E-state index in [1.165, 1.54) is 17.3 Å². The molecule has 144 valence electrons. The number of carbonyl (C=O) groups excluding carboxylic acids is 1. The van der Waals surface area contributed by atoms with Gasteiger partial charge in [0.1, 0.15) is 0 Å². The Labute approximate surface area is 169 Å². The van der Waals surface area contributed by atoms with Crippen molar-refractivity contribution in [2.24, 2.45) is 5.10 Å². The van der Waals surface area contributed by atoms with Gasteiger partial charge in [0.2, 0.25) is 0 Å². The maximum Gasteiger partial charge on any atom is 0.250 e. The topological polar surface area (TPSA) is 72.2 Å². The van der Waals surface area contributed by atoms with Crippen LogP contribution in [-0.4, -0.2) is 32.6 Å². The van der Waals surface area contributed by atoms with Crippen LogP contribution in [0.4, 0.5) is 0 Å². The molecule has 2 aromatic carbocycles. The molecule has 1 amide bonds. The minimum absolute atomic E-state index is 0.183. The summed E-state index contributed by atoms with van der Waals surface area (Å²) < 4.78 is 2.01. The summed E-state index contributed by atoms with van der Waals surface area (Å²) in [5, 5.41) is 13.3. The number of nitrogens with zero attached hydrogens (tertiary/aromatic N) is 4. The normalized spacial score (nSPS) is 11.1. The molecule has 3 aromatic rings. The molecule has 1 N–H and O–H groups in total. The van der Waals surface area contributed by atoms with Gasteiger partial charge in [-0.1, -0.05) is 65.9 Å². The minimum atomic E-state index is -0.183. The Hall–Kier alpha value is -2.93. The van der Waals surface area contributed by atoms with Gasteiger partial charge in [0.15, 0.2) is 11.0 Å². The van der Waals surface area contributed by atoms with E-state index in [9.17, 15) is 4.79 Å². The summed E-state index contributed by atoms with van der Waals surface area (Å²) in [6, 6.07) is 16.0. The van der Waals surface area contributed by atoms with Crippen molar-refractivity contribution < 1.29 is 4.79 Å². The molecule has 1 aromatic heterocycles. The van der Waals surface area contributed by atoms with E-state index in [1.807, 2.05) is 54.8 Å². The second-order valence-corrected chi connectivity index (χ2v) is 7.30. The highest BCUT2D eigenvalue weighted by Gasteiger charge is 2.14. The molecule has 0 fully saturated rings. The predicted octanol–water partition coefficient (Wildman–Crippen LogP) is 3.82. The van der Waals surface area contributed by atoms with Crippen molar-refractivity contribution >= 4 is 23.9 Å². The molecule has 6 nitrogen and oxygen atoms in total. The maximum atomic E-state index is 12.1. The first kappa shape index (κ1) is 19.8. The zero-order valence-electron chi connectivity index (χ0n) is 16.2. The van der Waals surface area contributed by atoms with Crippen molar-refractivity contribution in [3.05, 3.63) is 65.2 Å². The van der Waals surface area contributed by atoms with E-state index in [-0.39, 0.29) is 11.7 Å². The fourth-order valence-electron chi connectivity index (χ4n) is 2.66. The maximum absolute atomic E-state index is 12.1. The Kier molecular flexibility index (Phi) is 6.60. The summed E-state index contributed by atoms with van der Waals surface area (Å²) in [5.74, 6) is 0.845. The monoisotopic (exact) mass is 393 g/mol. The number of nitrogens with one attached hydrogen (secondary N) is 1. The molecule has 3 rings (SSSR count). The molecule has 0 aliphatic carbocycles. The third kappa shape index (κ3) is 4.86. The summed E-state index contributed by atoms with van der Waals surface area (Å²) in [6.07, 6.45) is 1.65. The number of benzene rings is 2. The summed E-state index contributed by atoms with van der Waals surface area (Å²) in [4.78, 5) is 12.1. The standard InChI is InChI=1S/C21H23N5OS/c1-4-26-20(17-11-9-15(2)10-12-17)24-25-21(26)28-14-19(27)23-22-13-18-8-6-5-7-16(18)3/h5-13H,4,14H2,1-3H3,(H,23,27)/b22-13+. The molecular weight excluding hydrogens is 370 g/mol. The Morgan fingerprint density at radius 1 is 1.14 bits per heavy atom. The first-order valence-electron chi connectivity index (χ1n) is 9.09. The molecule has 0 saturated heterocycles. The molecule has 0 unspecified atom stereocenters. The van der Waals surface area contributed by atoms with Crippen LogP contribution in [0.3, 0.4) is 0 Å². The van der Waals surface area contributed by atoms with Crippen molar-refractivity contribution in [2.45, 2.75) is 32.5 Å². The first-order valence-corrected chi connectivity index (χ1v) is 10.1. The van der Waals surface area contributed by atoms with Gasteiger partial charge in [0.25, 0.3) is 5.91 Å². The van der Waals surface area contributed by atoms with Gasteiger partial charge < -0.3 is 4.57 Å². The van der Waals surface area contributed by atoms with E-state index in [0.717, 1.165) is 34.2 Å². The van der Waals surface area contributed by atoms with Crippen LogP contribution in [0.25, 0.3) is 11.4 Å². The number of amides is 1. The molecule has 0 aliphatic heterocycles. The fourth-order valence-corrected chi connectivity index (χ4v) is 3.46. The second kappa shape index (κ2) is 9.32. The van der Waals surface area contributed by atoms with E-state index in [2.05, 4.69) is 39.8 Å². The summed E-state index contributed by atoms with van der Waals surface area (Å²) >= 11 is 1.35. The quantitative estimate of drug-likeness (QED) is 0.376. The molecule has 0 spiro atoms. The molecule has 28 heavy (non-hydrogen) atoms. The van der Waals surface area contributed by atoms with Crippen LogP contribution >= 0.6 is 11.8 Å². The Morgan fingerprint density at radius 3 is 2.61 bits per heavy atom. The third-order valence-corrected chi connectivity index (χ3v) is 5.22. The fraction of sp³-hybridized carbons (Fsp3) is 0.238. The summed E-state index contributed by atoms with van der Waals surface area (Å²) in [6.45, 7) is 6.82. The van der Waals surface area contributed by atoms with Gasteiger partial charge in [-0.25, -0.2) is 5.43 Å². The Balaban J connectivity index is 1.60. The summed E-state index contributed by atoms with van der Waals surface area (Å²) in [7, 11) is 0. The van der Waals surface area contributed by atoms with Gasteiger partial charge in [-0.15, -0.1) is 10.2 Å². The number of hydrogen-bond acceptors (Lipinski definition) is 5. The highest BCUT2D eigenvalue weighted by molar-refractivity contribution is 7.99. The van der Waals surface area contributed by atoms with Crippen LogP contribution in [0.15, 0.2) is 58.8 Å². The van der Waals surface area contributed by atoms with Crippen LogP contribution in [0.1, 0.15) is 23.6 Å². The number of hydrazone groups is 1. The van der Waals surface area contributed by atoms with Crippen LogP contribution in [0, 0.1) is 13.8 Å². The number of rotatable bonds is 7. The number of aryl methyl sites for hydroxylation is 2. The van der Waals surface area contributed by atoms with E-state index in [4.69, 9.17) is 0 Å². The zero-order valence-corrected chi connectivity index (χ0v) is 17.0. The van der Waals surface area contributed by atoms with Crippen molar-refractivity contribution in [3.63, 3.8) is 0 Å². The number of carbonyl (C=O) groups is 1. The third-order valence-electron chi connectivity index (χ3n) is 4.26. The zero-order chi connectivity index (χ0) is 19.9. The molecule has 0 radical (unpaired) electrons. The summed E-state index contributed by atoms with van der Waals surface area (Å²) in [5.41, 5.74) is 6.86. The minimum Gasteiger partial charge on any atom is -0.302 e. The lowest BCUT2D eigenvalue weighted by Gasteiger charge is -2.07. The van der Waals surface area contributed by atoms with E-state index in [0.29, 0.717) is 0 Å². The largest absolute Gasteiger partial charge is 0.302 e. The van der Waals surface area contributed by atoms with E-state index >= 15 is 0 Å². The molecule has 0 saturated carbocycles. The van der Waals surface area contributed by atoms with E-state index in [1.54, 1.807) is 6.21 Å². The van der Waals surface area contributed by atoms with Gasteiger partial charge in [-0.05, 0) is 31.9 Å². The lowest BCUT2D eigenvalue weighted by Crippen LogP contribution is -2.20. The molecule has 7 heteroatoms. The Bertz CT molecular complexity index is 979. The number of hydrogen-bond donors (Lipinski definition) is 1. The molecular formula is C21H23N5OS. The lowest BCUT2D eigenvalue weighted by molar-refractivity contribution is -0.118. The van der Waals surface area contributed by atoms with Crippen molar-refractivity contribution in [3.8, 4) is 11.4 Å². The Morgan fingerprint density at radius 2 is 1.89 bits per heavy atom. The van der Waals surface area contributed by atoms with Crippen molar-refractivity contribution in [1.29, 1.82) is 0 Å². The van der Waals surface area contributed by atoms with Gasteiger partial charge in [-0.3, -0.25) is 4.79 Å². The van der Waals surface area contributed by atoms with Crippen LogP contribution < -0.4 is 5.43 Å². The SMILES string of the molecule is CCn1c(SCC(=O)N/N=C/c2ccccc2C)nnc1-c1ccc(C)cc1. The highest BCUT2D eigenvalue weighted by atomic mass is 32.2. The first-order chi connectivity index (χ1) is 13.6. The van der Waals surface area contributed by atoms with Crippen molar-refractivity contribution in [1.82, 2.24) is 20.2 Å². The molecule has 0 bridgehead atoms. The predicted molar refractivity (Wildman–Crippen MR) is 114 cm³/mol. The lowest BCUT2D eigenvalue weighted by atomic mass is 10.1. The molecule has 1 heterocycles. The van der Waals surface area contributed by atoms with Crippen LogP contribution in [0.5, 0.6) is 0 Å². The molecule has 0 aliphatic rings. The van der Waals surface area contributed by atoms with Gasteiger partial charge in [0, 0.05) is 12.1 Å². The average Bonchev–Trinajstić information content (AvgIpc) is 3.11. The van der Waals surface area contributed by atoms with E-state index < -0.39 is 0 Å². The second-order valence-electron chi connectivity index (χ2n) is 6.35. The average molecular weight is 394 g/mol. The smallest absolute Gasteiger partial charge is 0.250 e. The van der Waals surface area contributed by atoms with Gasteiger partial charge >= 0.3 is 0 Å². The van der Waals surface area contributed by atoms with Crippen LogP contribution in [0.2, 0.25) is 0 Å².